The second kappa shape index (κ2) is 4.41. The molecule has 0 saturated carbocycles. The molecule has 19 heavy (non-hydrogen) atoms. The van der Waals surface area contributed by atoms with Gasteiger partial charge < -0.3 is 24.5 Å². The summed E-state index contributed by atoms with van der Waals surface area (Å²) in [6.45, 7) is -0.233. The van der Waals surface area contributed by atoms with Gasteiger partial charge >= 0.3 is 0 Å². The number of aliphatic hydroxyl groups is 2. The Balaban J connectivity index is 2.12. The van der Waals surface area contributed by atoms with Gasteiger partial charge in [-0.2, -0.15) is 0 Å². The fraction of sp³-hybridized carbons (Fsp3) is 0.455. The lowest BCUT2D eigenvalue weighted by Gasteiger charge is -2.16. The summed E-state index contributed by atoms with van der Waals surface area (Å²) in [7, 11) is 0. The maximum Gasteiger partial charge on any atom is 0.263 e. The predicted octanol–water partition coefficient (Wildman–Crippen LogP) is -0.496. The molecule has 7 nitrogen and oxygen atoms in total. The van der Waals surface area contributed by atoms with Gasteiger partial charge in [0.25, 0.3) is 5.56 Å². The summed E-state index contributed by atoms with van der Waals surface area (Å²) in [6.07, 6.45) is 0.201. The van der Waals surface area contributed by atoms with E-state index in [1.54, 1.807) is 0 Å². The first-order valence-corrected chi connectivity index (χ1v) is 5.80. The Morgan fingerprint density at radius 2 is 2.42 bits per heavy atom. The Morgan fingerprint density at radius 3 is 3.11 bits per heavy atom. The van der Waals surface area contributed by atoms with Gasteiger partial charge in [-0.3, -0.25) is 4.79 Å². The lowest BCUT2D eigenvalue weighted by atomic mass is 10.2. The number of hydrogen-bond donors (Lipinski definition) is 3. The van der Waals surface area contributed by atoms with Gasteiger partial charge in [0.1, 0.15) is 11.5 Å². The number of nitrogens with one attached hydrogen (secondary N) is 1. The Kier molecular flexibility index (Phi) is 2.85. The summed E-state index contributed by atoms with van der Waals surface area (Å²) in [4.78, 5) is 17.7. The van der Waals surface area contributed by atoms with E-state index < -0.39 is 29.8 Å². The van der Waals surface area contributed by atoms with Gasteiger partial charge in [0.2, 0.25) is 0 Å². The molecule has 0 bridgehead atoms. The number of aromatic amines is 1. The molecule has 1 aliphatic rings. The standard InChI is InChI=1S/C11H12FN3O4/c12-6-2-15(9-8(6)10(18)14-4-13-9)11-7(17)1-5(3-16)19-11/h2,4-5,7,11,16-17H,1,3H2,(H,13,14,18)/t5-,7+,11+/m0/s1. The third kappa shape index (κ3) is 1.84. The molecular weight excluding hydrogens is 257 g/mol. The molecule has 102 valence electrons. The van der Waals surface area contributed by atoms with Crippen LogP contribution in [0, 0.1) is 5.82 Å². The highest BCUT2D eigenvalue weighted by Crippen LogP contribution is 2.31. The normalized spacial score (nSPS) is 27.2. The van der Waals surface area contributed by atoms with Crippen molar-refractivity contribution in [2.45, 2.75) is 24.9 Å². The van der Waals surface area contributed by atoms with E-state index in [1.165, 1.54) is 4.57 Å². The van der Waals surface area contributed by atoms with Crippen LogP contribution in [0.4, 0.5) is 4.39 Å². The second-order valence-electron chi connectivity index (χ2n) is 4.45. The number of ether oxygens (including phenoxy) is 1. The van der Waals surface area contributed by atoms with Gasteiger partial charge in [0.05, 0.1) is 19.0 Å². The zero-order valence-corrected chi connectivity index (χ0v) is 9.78. The third-order valence-corrected chi connectivity index (χ3v) is 3.21. The van der Waals surface area contributed by atoms with E-state index in [2.05, 4.69) is 9.97 Å². The van der Waals surface area contributed by atoms with E-state index in [1.807, 2.05) is 0 Å². The molecule has 1 fully saturated rings. The van der Waals surface area contributed by atoms with E-state index in [0.29, 0.717) is 0 Å². The molecule has 3 N–H and O–H groups in total. The highest BCUT2D eigenvalue weighted by molar-refractivity contribution is 5.75. The van der Waals surface area contributed by atoms with Gasteiger partial charge in [-0.1, -0.05) is 0 Å². The number of nitrogens with zero attached hydrogens (tertiary/aromatic N) is 2. The van der Waals surface area contributed by atoms with Crippen LogP contribution in [0.15, 0.2) is 17.3 Å². The molecular formula is C11H12FN3O4. The molecule has 3 rings (SSSR count). The molecule has 8 heteroatoms. The van der Waals surface area contributed by atoms with Crippen LogP contribution in [0.2, 0.25) is 0 Å². The average molecular weight is 269 g/mol. The molecule has 1 aliphatic heterocycles. The van der Waals surface area contributed by atoms with Crippen molar-refractivity contribution < 1.29 is 19.3 Å². The van der Waals surface area contributed by atoms with Gasteiger partial charge in [-0.15, -0.1) is 0 Å². The second-order valence-corrected chi connectivity index (χ2v) is 4.45. The number of H-pyrrole nitrogens is 1. The molecule has 0 spiro atoms. The summed E-state index contributed by atoms with van der Waals surface area (Å²) >= 11 is 0. The number of hydrogen-bond acceptors (Lipinski definition) is 5. The predicted molar refractivity (Wildman–Crippen MR) is 61.9 cm³/mol. The van der Waals surface area contributed by atoms with Crippen molar-refractivity contribution in [1.82, 2.24) is 14.5 Å². The van der Waals surface area contributed by atoms with Crippen LogP contribution in [0.5, 0.6) is 0 Å². The number of aromatic nitrogens is 3. The van der Waals surface area contributed by atoms with Gasteiger partial charge in [-0.05, 0) is 0 Å². The minimum absolute atomic E-state index is 0.101. The summed E-state index contributed by atoms with van der Waals surface area (Å²) in [5.41, 5.74) is -0.490. The SMILES string of the molecule is O=c1[nH]cnc2c1c(F)cn2[C@@H]1O[C@H](CO)C[C@H]1O. The zero-order chi connectivity index (χ0) is 13.6. The number of rotatable bonds is 2. The fourth-order valence-corrected chi connectivity index (χ4v) is 2.34. The summed E-state index contributed by atoms with van der Waals surface area (Å²) in [5, 5.41) is 18.7. The average Bonchev–Trinajstić information content (AvgIpc) is 2.91. The van der Waals surface area contributed by atoms with Crippen LogP contribution in [-0.4, -0.2) is 43.6 Å². The lowest BCUT2D eigenvalue weighted by molar-refractivity contribution is -0.0486. The zero-order valence-electron chi connectivity index (χ0n) is 9.78. The number of aliphatic hydroxyl groups excluding tert-OH is 2. The van der Waals surface area contributed by atoms with E-state index in [4.69, 9.17) is 9.84 Å². The Morgan fingerprint density at radius 1 is 1.63 bits per heavy atom. The first kappa shape index (κ1) is 12.3. The summed E-state index contributed by atoms with van der Waals surface area (Å²) in [5.74, 6) is -0.729. The maximum absolute atomic E-state index is 13.8. The van der Waals surface area contributed by atoms with Crippen LogP contribution in [-0.2, 0) is 4.74 Å². The highest BCUT2D eigenvalue weighted by atomic mass is 19.1. The van der Waals surface area contributed by atoms with Gasteiger partial charge in [0.15, 0.2) is 17.7 Å². The molecule has 3 heterocycles. The third-order valence-electron chi connectivity index (χ3n) is 3.21. The van der Waals surface area contributed by atoms with Gasteiger partial charge in [-0.25, -0.2) is 9.37 Å². The first-order chi connectivity index (χ1) is 9.11. The van der Waals surface area contributed by atoms with E-state index >= 15 is 0 Å². The summed E-state index contributed by atoms with van der Waals surface area (Å²) < 4.78 is 20.5. The molecule has 0 aliphatic carbocycles. The van der Waals surface area contributed by atoms with Crippen LogP contribution in [0.1, 0.15) is 12.6 Å². The van der Waals surface area contributed by atoms with E-state index in [9.17, 15) is 14.3 Å². The van der Waals surface area contributed by atoms with Crippen molar-refractivity contribution in [2.24, 2.45) is 0 Å². The monoisotopic (exact) mass is 269 g/mol. The molecule has 0 amide bonds. The van der Waals surface area contributed by atoms with Crippen molar-refractivity contribution >= 4 is 11.0 Å². The van der Waals surface area contributed by atoms with Crippen molar-refractivity contribution in [3.63, 3.8) is 0 Å². The number of halogens is 1. The Labute approximate surface area is 106 Å². The summed E-state index contributed by atoms with van der Waals surface area (Å²) in [6, 6.07) is 0. The minimum atomic E-state index is -0.895. The van der Waals surface area contributed by atoms with Crippen LogP contribution < -0.4 is 5.56 Å². The van der Waals surface area contributed by atoms with Crippen LogP contribution in [0.25, 0.3) is 11.0 Å². The van der Waals surface area contributed by atoms with Crippen molar-refractivity contribution in [3.05, 3.63) is 28.7 Å². The van der Waals surface area contributed by atoms with Crippen LogP contribution >= 0.6 is 0 Å². The van der Waals surface area contributed by atoms with Crippen molar-refractivity contribution in [1.29, 1.82) is 0 Å². The number of fused-ring (bicyclic) bond motifs is 1. The highest BCUT2D eigenvalue weighted by Gasteiger charge is 2.36. The molecule has 2 aromatic rings. The lowest BCUT2D eigenvalue weighted by Crippen LogP contribution is -2.19. The quantitative estimate of drug-likeness (QED) is 0.682. The first-order valence-electron chi connectivity index (χ1n) is 5.80. The van der Waals surface area contributed by atoms with E-state index in [0.717, 1.165) is 12.5 Å². The van der Waals surface area contributed by atoms with E-state index in [-0.39, 0.29) is 24.1 Å². The Bertz CT molecular complexity index is 667. The smallest absolute Gasteiger partial charge is 0.263 e. The molecule has 0 unspecified atom stereocenters. The Hall–Kier alpha value is -1.77. The maximum atomic E-state index is 13.8. The molecule has 0 aromatic carbocycles. The molecule has 2 aromatic heterocycles. The van der Waals surface area contributed by atoms with Crippen molar-refractivity contribution in [2.75, 3.05) is 6.61 Å². The van der Waals surface area contributed by atoms with Crippen LogP contribution in [0.3, 0.4) is 0 Å². The molecule has 1 saturated heterocycles. The van der Waals surface area contributed by atoms with Crippen molar-refractivity contribution in [3.8, 4) is 0 Å². The topological polar surface area (TPSA) is 100 Å². The fourth-order valence-electron chi connectivity index (χ4n) is 2.34. The minimum Gasteiger partial charge on any atom is -0.394 e. The molecule has 0 radical (unpaired) electrons. The van der Waals surface area contributed by atoms with Gasteiger partial charge in [0, 0.05) is 12.6 Å². The molecule has 3 atom stereocenters. The largest absolute Gasteiger partial charge is 0.394 e.